The minimum atomic E-state index is 0.0990. The van der Waals surface area contributed by atoms with Gasteiger partial charge in [0, 0.05) is 11.6 Å². The Morgan fingerprint density at radius 1 is 1.06 bits per heavy atom. The molecule has 1 saturated carbocycles. The normalized spacial score (nSPS) is 21.0. The van der Waals surface area contributed by atoms with Crippen LogP contribution in [0.25, 0.3) is 0 Å². The molecule has 2 nitrogen and oxygen atoms in total. The van der Waals surface area contributed by atoms with Gasteiger partial charge in [-0.05, 0) is 29.9 Å². The third-order valence-electron chi connectivity index (χ3n) is 4.60. The molecular weight excluding hydrogens is 210 g/mol. The summed E-state index contributed by atoms with van der Waals surface area (Å²) in [6, 6.07) is 7.93. The summed E-state index contributed by atoms with van der Waals surface area (Å²) in [4.78, 5) is 12.2. The first-order chi connectivity index (χ1) is 7.76. The molecule has 0 spiro atoms. The third-order valence-corrected chi connectivity index (χ3v) is 4.60. The first-order valence-electron chi connectivity index (χ1n) is 6.14. The number of hydrogen-bond acceptors (Lipinski definition) is 1. The molecule has 2 rings (SSSR count). The molecule has 0 bridgehead atoms. The van der Waals surface area contributed by atoms with Crippen molar-refractivity contribution >= 4 is 11.6 Å². The standard InChI is InChI=1S/C15H21NO/c1-10-6-8-11(9-7-10)16-13(17)12-14(2,3)15(12,4)5/h6-9,12H,1-5H3,(H,16,17). The van der Waals surface area contributed by atoms with Gasteiger partial charge in [-0.25, -0.2) is 0 Å². The van der Waals surface area contributed by atoms with E-state index in [2.05, 4.69) is 33.0 Å². The number of carbonyl (C=O) groups is 1. The van der Waals surface area contributed by atoms with Crippen LogP contribution >= 0.6 is 0 Å². The lowest BCUT2D eigenvalue weighted by Crippen LogP contribution is -2.17. The SMILES string of the molecule is Cc1ccc(NC(=O)C2C(C)(C)C2(C)C)cc1. The van der Waals surface area contributed by atoms with Crippen molar-refractivity contribution in [2.24, 2.45) is 16.7 Å². The van der Waals surface area contributed by atoms with Crippen molar-refractivity contribution in [2.45, 2.75) is 34.6 Å². The molecule has 0 heterocycles. The molecule has 0 aliphatic heterocycles. The molecule has 1 aromatic rings. The third kappa shape index (κ3) is 1.86. The molecule has 1 aliphatic carbocycles. The van der Waals surface area contributed by atoms with Crippen molar-refractivity contribution in [2.75, 3.05) is 5.32 Å². The highest BCUT2D eigenvalue weighted by Gasteiger charge is 2.68. The predicted molar refractivity (Wildman–Crippen MR) is 70.9 cm³/mol. The van der Waals surface area contributed by atoms with Gasteiger partial charge in [-0.3, -0.25) is 4.79 Å². The molecule has 1 aliphatic rings. The number of amides is 1. The average molecular weight is 231 g/mol. The largest absolute Gasteiger partial charge is 0.326 e. The van der Waals surface area contributed by atoms with E-state index in [9.17, 15) is 4.79 Å². The summed E-state index contributed by atoms with van der Waals surface area (Å²) >= 11 is 0. The predicted octanol–water partition coefficient (Wildman–Crippen LogP) is 3.62. The Hall–Kier alpha value is -1.31. The molecule has 17 heavy (non-hydrogen) atoms. The Kier molecular flexibility index (Phi) is 2.57. The maximum Gasteiger partial charge on any atom is 0.228 e. The zero-order chi connectivity index (χ0) is 12.8. The van der Waals surface area contributed by atoms with E-state index >= 15 is 0 Å². The van der Waals surface area contributed by atoms with E-state index in [-0.39, 0.29) is 22.7 Å². The lowest BCUT2D eigenvalue weighted by Gasteiger charge is -2.06. The van der Waals surface area contributed by atoms with Crippen molar-refractivity contribution in [1.29, 1.82) is 0 Å². The Morgan fingerprint density at radius 3 is 1.94 bits per heavy atom. The van der Waals surface area contributed by atoms with E-state index in [0.29, 0.717) is 0 Å². The van der Waals surface area contributed by atoms with Gasteiger partial charge in [0.25, 0.3) is 0 Å². The van der Waals surface area contributed by atoms with E-state index in [1.807, 2.05) is 31.2 Å². The second kappa shape index (κ2) is 3.59. The van der Waals surface area contributed by atoms with Gasteiger partial charge < -0.3 is 5.32 Å². The van der Waals surface area contributed by atoms with Gasteiger partial charge in [0.15, 0.2) is 0 Å². The zero-order valence-electron chi connectivity index (χ0n) is 11.3. The summed E-state index contributed by atoms with van der Waals surface area (Å²) in [5, 5.41) is 3.00. The highest BCUT2D eigenvalue weighted by Crippen LogP contribution is 2.68. The molecule has 1 aromatic carbocycles. The van der Waals surface area contributed by atoms with Gasteiger partial charge in [-0.2, -0.15) is 0 Å². The number of anilines is 1. The number of hydrogen-bond donors (Lipinski definition) is 1. The van der Waals surface area contributed by atoms with Crippen LogP contribution in [0.15, 0.2) is 24.3 Å². The molecule has 0 radical (unpaired) electrons. The lowest BCUT2D eigenvalue weighted by molar-refractivity contribution is -0.118. The van der Waals surface area contributed by atoms with Gasteiger partial charge in [-0.15, -0.1) is 0 Å². The van der Waals surface area contributed by atoms with Gasteiger partial charge in [-0.1, -0.05) is 45.4 Å². The zero-order valence-corrected chi connectivity index (χ0v) is 11.3. The Balaban J connectivity index is 2.07. The van der Waals surface area contributed by atoms with Crippen molar-refractivity contribution < 1.29 is 4.79 Å². The van der Waals surface area contributed by atoms with Gasteiger partial charge in [0.2, 0.25) is 5.91 Å². The number of carbonyl (C=O) groups excluding carboxylic acids is 1. The molecule has 1 N–H and O–H groups in total. The molecule has 92 valence electrons. The van der Waals surface area contributed by atoms with E-state index < -0.39 is 0 Å². The van der Waals surface area contributed by atoms with Crippen LogP contribution < -0.4 is 5.32 Å². The quantitative estimate of drug-likeness (QED) is 0.827. The Morgan fingerprint density at radius 2 is 1.53 bits per heavy atom. The smallest absolute Gasteiger partial charge is 0.228 e. The van der Waals surface area contributed by atoms with Crippen LogP contribution in [0.2, 0.25) is 0 Å². The van der Waals surface area contributed by atoms with E-state index in [1.54, 1.807) is 0 Å². The summed E-state index contributed by atoms with van der Waals surface area (Å²) in [5.41, 5.74) is 2.29. The number of nitrogens with one attached hydrogen (secondary N) is 1. The van der Waals surface area contributed by atoms with Crippen LogP contribution in [0.3, 0.4) is 0 Å². The van der Waals surface area contributed by atoms with Crippen LogP contribution in [0.5, 0.6) is 0 Å². The van der Waals surface area contributed by atoms with E-state index in [1.165, 1.54) is 5.56 Å². The van der Waals surface area contributed by atoms with Crippen LogP contribution in [-0.2, 0) is 4.79 Å². The monoisotopic (exact) mass is 231 g/mol. The maximum absolute atomic E-state index is 12.2. The Labute approximate surface area is 103 Å². The van der Waals surface area contributed by atoms with Crippen molar-refractivity contribution in [3.05, 3.63) is 29.8 Å². The fourth-order valence-corrected chi connectivity index (χ4v) is 2.70. The minimum Gasteiger partial charge on any atom is -0.326 e. The molecule has 2 heteroatoms. The first kappa shape index (κ1) is 12.2. The average Bonchev–Trinajstić information content (AvgIpc) is 2.61. The second-order valence-corrected chi connectivity index (χ2v) is 6.23. The maximum atomic E-state index is 12.2. The molecule has 1 amide bonds. The number of rotatable bonds is 2. The molecule has 0 saturated heterocycles. The van der Waals surface area contributed by atoms with Crippen LogP contribution in [0.4, 0.5) is 5.69 Å². The summed E-state index contributed by atoms with van der Waals surface area (Å²) in [5.74, 6) is 0.250. The Bertz CT molecular complexity index is 428. The van der Waals surface area contributed by atoms with Crippen molar-refractivity contribution in [3.8, 4) is 0 Å². The molecular formula is C15H21NO. The topological polar surface area (TPSA) is 29.1 Å². The first-order valence-corrected chi connectivity index (χ1v) is 6.14. The summed E-state index contributed by atoms with van der Waals surface area (Å²) in [6.07, 6.45) is 0. The number of aryl methyl sites for hydroxylation is 1. The summed E-state index contributed by atoms with van der Waals surface area (Å²) < 4.78 is 0. The van der Waals surface area contributed by atoms with Gasteiger partial charge >= 0.3 is 0 Å². The van der Waals surface area contributed by atoms with Crippen molar-refractivity contribution in [3.63, 3.8) is 0 Å². The van der Waals surface area contributed by atoms with Gasteiger partial charge in [0.1, 0.15) is 0 Å². The fourth-order valence-electron chi connectivity index (χ4n) is 2.70. The minimum absolute atomic E-state index is 0.0990. The van der Waals surface area contributed by atoms with Crippen LogP contribution in [0, 0.1) is 23.7 Å². The van der Waals surface area contributed by atoms with Crippen molar-refractivity contribution in [1.82, 2.24) is 0 Å². The summed E-state index contributed by atoms with van der Waals surface area (Å²) in [6.45, 7) is 10.7. The highest BCUT2D eigenvalue weighted by atomic mass is 16.2. The highest BCUT2D eigenvalue weighted by molar-refractivity contribution is 5.96. The van der Waals surface area contributed by atoms with E-state index in [0.717, 1.165) is 5.69 Å². The lowest BCUT2D eigenvalue weighted by atomic mass is 10.0. The fraction of sp³-hybridized carbons (Fsp3) is 0.533. The van der Waals surface area contributed by atoms with E-state index in [4.69, 9.17) is 0 Å². The van der Waals surface area contributed by atoms with Crippen LogP contribution in [-0.4, -0.2) is 5.91 Å². The molecule has 0 aromatic heterocycles. The van der Waals surface area contributed by atoms with Gasteiger partial charge in [0.05, 0.1) is 0 Å². The molecule has 0 unspecified atom stereocenters. The number of benzene rings is 1. The summed E-state index contributed by atoms with van der Waals surface area (Å²) in [7, 11) is 0. The van der Waals surface area contributed by atoms with Crippen LogP contribution in [0.1, 0.15) is 33.3 Å². The molecule has 1 fully saturated rings. The second-order valence-electron chi connectivity index (χ2n) is 6.23. The molecule has 0 atom stereocenters.